The van der Waals surface area contributed by atoms with Gasteiger partial charge in [-0.2, -0.15) is 0 Å². The number of hydrogen-bond donors (Lipinski definition) is 0. The average Bonchev–Trinajstić information content (AvgIpc) is 2.38. The van der Waals surface area contributed by atoms with Crippen molar-refractivity contribution < 1.29 is 0 Å². The van der Waals surface area contributed by atoms with Crippen molar-refractivity contribution in [2.45, 2.75) is 58.3 Å². The van der Waals surface area contributed by atoms with Crippen LogP contribution >= 0.6 is 15.9 Å². The molecule has 0 aliphatic rings. The van der Waals surface area contributed by atoms with E-state index < -0.39 is 0 Å². The number of halogens is 1. The van der Waals surface area contributed by atoms with Gasteiger partial charge in [0.25, 0.3) is 0 Å². The summed E-state index contributed by atoms with van der Waals surface area (Å²) in [4.78, 5) is 0. The minimum absolute atomic E-state index is 0.698. The van der Waals surface area contributed by atoms with Crippen LogP contribution in [0.2, 0.25) is 0 Å². The predicted molar refractivity (Wildman–Crippen MR) is 81.1 cm³/mol. The van der Waals surface area contributed by atoms with E-state index in [0.29, 0.717) is 5.92 Å². The lowest BCUT2D eigenvalue weighted by Gasteiger charge is -2.10. The molecular weight excluding hydrogens is 272 g/mol. The molecule has 0 fully saturated rings. The molecule has 0 radical (unpaired) electrons. The van der Waals surface area contributed by atoms with E-state index in [1.54, 1.807) is 0 Å². The number of aryl methyl sites for hydroxylation is 1. The molecule has 0 spiro atoms. The zero-order valence-electron chi connectivity index (χ0n) is 11.2. The normalized spacial score (nSPS) is 12.6. The summed E-state index contributed by atoms with van der Waals surface area (Å²) in [6.45, 7) is 4.58. The third kappa shape index (κ3) is 5.72. The van der Waals surface area contributed by atoms with Crippen LogP contribution in [0.15, 0.2) is 24.3 Å². The molecule has 96 valence electrons. The second-order valence-corrected chi connectivity index (χ2v) is 5.70. The van der Waals surface area contributed by atoms with Crippen LogP contribution in [-0.2, 0) is 6.42 Å². The van der Waals surface area contributed by atoms with Crippen molar-refractivity contribution in [3.63, 3.8) is 0 Å². The summed E-state index contributed by atoms with van der Waals surface area (Å²) in [6.07, 6.45) is 7.83. The fourth-order valence-electron chi connectivity index (χ4n) is 2.07. The first-order chi connectivity index (χ1) is 8.27. The van der Waals surface area contributed by atoms with E-state index >= 15 is 0 Å². The first-order valence-corrected chi connectivity index (χ1v) is 8.05. The van der Waals surface area contributed by atoms with Crippen molar-refractivity contribution in [3.05, 3.63) is 35.4 Å². The molecule has 0 amide bonds. The summed E-state index contributed by atoms with van der Waals surface area (Å²) in [6, 6.07) is 9.16. The highest BCUT2D eigenvalue weighted by atomic mass is 79.9. The first kappa shape index (κ1) is 14.8. The maximum Gasteiger partial charge on any atom is 0.00313 e. The highest BCUT2D eigenvalue weighted by molar-refractivity contribution is 9.09. The summed E-state index contributed by atoms with van der Waals surface area (Å²) >= 11 is 3.48. The van der Waals surface area contributed by atoms with Gasteiger partial charge in [-0.1, -0.05) is 66.9 Å². The van der Waals surface area contributed by atoms with Gasteiger partial charge in [-0.3, -0.25) is 0 Å². The summed E-state index contributed by atoms with van der Waals surface area (Å²) in [5, 5.41) is 1.15. The zero-order valence-corrected chi connectivity index (χ0v) is 12.8. The maximum absolute atomic E-state index is 3.48. The number of rotatable bonds is 8. The van der Waals surface area contributed by atoms with Gasteiger partial charge in [0.2, 0.25) is 0 Å². The van der Waals surface area contributed by atoms with Crippen LogP contribution in [0.25, 0.3) is 0 Å². The number of benzene rings is 1. The van der Waals surface area contributed by atoms with Crippen molar-refractivity contribution in [1.29, 1.82) is 0 Å². The van der Waals surface area contributed by atoms with Crippen molar-refractivity contribution in [2.75, 3.05) is 5.33 Å². The molecule has 1 heteroatoms. The smallest absolute Gasteiger partial charge is 0.00313 e. The zero-order chi connectivity index (χ0) is 12.5. The lowest BCUT2D eigenvalue weighted by Crippen LogP contribution is -1.93. The fourth-order valence-corrected chi connectivity index (χ4v) is 2.46. The molecule has 0 N–H and O–H groups in total. The van der Waals surface area contributed by atoms with Gasteiger partial charge in [-0.05, 0) is 42.7 Å². The topological polar surface area (TPSA) is 0 Å². The van der Waals surface area contributed by atoms with E-state index in [0.717, 1.165) is 5.33 Å². The van der Waals surface area contributed by atoms with Crippen molar-refractivity contribution in [2.24, 2.45) is 0 Å². The monoisotopic (exact) mass is 296 g/mol. The molecule has 0 aliphatic carbocycles. The molecular formula is C16H25Br. The third-order valence-electron chi connectivity index (χ3n) is 3.48. The predicted octanol–water partition coefficient (Wildman–Crippen LogP) is 5.70. The fraction of sp³-hybridized carbons (Fsp3) is 0.625. The average molecular weight is 297 g/mol. The minimum atomic E-state index is 0.698. The molecule has 1 atom stereocenters. The Morgan fingerprint density at radius 3 is 2.59 bits per heavy atom. The van der Waals surface area contributed by atoms with Gasteiger partial charge in [0.15, 0.2) is 0 Å². The Hall–Kier alpha value is -0.300. The highest BCUT2D eigenvalue weighted by Gasteiger charge is 2.03. The van der Waals surface area contributed by atoms with Crippen LogP contribution in [-0.4, -0.2) is 5.33 Å². The molecule has 1 rings (SSSR count). The summed E-state index contributed by atoms with van der Waals surface area (Å²) in [5.74, 6) is 0.698. The van der Waals surface area contributed by atoms with E-state index in [2.05, 4.69) is 54.0 Å². The van der Waals surface area contributed by atoms with Crippen LogP contribution in [0.1, 0.15) is 63.0 Å². The molecule has 0 nitrogen and oxygen atoms in total. The summed E-state index contributed by atoms with van der Waals surface area (Å²) < 4.78 is 0. The van der Waals surface area contributed by atoms with Crippen LogP contribution in [0.4, 0.5) is 0 Å². The molecule has 1 aromatic carbocycles. The van der Waals surface area contributed by atoms with Crippen LogP contribution in [0.5, 0.6) is 0 Å². The molecule has 0 bridgehead atoms. The molecule has 0 aromatic heterocycles. The van der Waals surface area contributed by atoms with Crippen LogP contribution in [0.3, 0.4) is 0 Å². The van der Waals surface area contributed by atoms with Gasteiger partial charge in [-0.25, -0.2) is 0 Å². The van der Waals surface area contributed by atoms with Gasteiger partial charge in [0.05, 0.1) is 0 Å². The first-order valence-electron chi connectivity index (χ1n) is 6.92. The van der Waals surface area contributed by atoms with Gasteiger partial charge >= 0.3 is 0 Å². The van der Waals surface area contributed by atoms with Crippen LogP contribution < -0.4 is 0 Å². The molecule has 1 unspecified atom stereocenters. The standard InChI is InChI=1S/C16H25Br/c1-3-14(2)16-11-8-10-15(13-16)9-6-4-5-7-12-17/h8,10-11,13-14H,3-7,9,12H2,1-2H3. The number of unbranched alkanes of at least 4 members (excludes halogenated alkanes) is 3. The SMILES string of the molecule is CCC(C)c1cccc(CCCCCCBr)c1. The van der Waals surface area contributed by atoms with Gasteiger partial charge in [-0.15, -0.1) is 0 Å². The van der Waals surface area contributed by atoms with Crippen molar-refractivity contribution in [3.8, 4) is 0 Å². The minimum Gasteiger partial charge on any atom is -0.0928 e. The Bertz CT molecular complexity index is 306. The van der Waals surface area contributed by atoms with Crippen molar-refractivity contribution in [1.82, 2.24) is 0 Å². The largest absolute Gasteiger partial charge is 0.0928 e. The molecule has 0 saturated heterocycles. The summed E-state index contributed by atoms with van der Waals surface area (Å²) in [7, 11) is 0. The summed E-state index contributed by atoms with van der Waals surface area (Å²) in [5.41, 5.74) is 3.02. The molecule has 1 aromatic rings. The maximum atomic E-state index is 3.48. The van der Waals surface area contributed by atoms with Gasteiger partial charge in [0, 0.05) is 5.33 Å². The van der Waals surface area contributed by atoms with Gasteiger partial charge in [0.1, 0.15) is 0 Å². The Labute approximate surface area is 115 Å². The number of alkyl halides is 1. The second-order valence-electron chi connectivity index (χ2n) is 4.91. The highest BCUT2D eigenvalue weighted by Crippen LogP contribution is 2.20. The van der Waals surface area contributed by atoms with Gasteiger partial charge < -0.3 is 0 Å². The molecule has 0 aliphatic heterocycles. The number of hydrogen-bond acceptors (Lipinski definition) is 0. The van der Waals surface area contributed by atoms with E-state index in [1.807, 2.05) is 0 Å². The Balaban J connectivity index is 2.38. The molecule has 17 heavy (non-hydrogen) atoms. The Morgan fingerprint density at radius 1 is 1.12 bits per heavy atom. The lowest BCUT2D eigenvalue weighted by atomic mass is 9.95. The lowest BCUT2D eigenvalue weighted by molar-refractivity contribution is 0.669. The van der Waals surface area contributed by atoms with E-state index in [1.165, 1.54) is 49.7 Å². The molecule has 0 saturated carbocycles. The Morgan fingerprint density at radius 2 is 1.88 bits per heavy atom. The van der Waals surface area contributed by atoms with Crippen LogP contribution in [0, 0.1) is 0 Å². The third-order valence-corrected chi connectivity index (χ3v) is 4.04. The second kappa shape index (κ2) is 8.74. The molecule has 0 heterocycles. The van der Waals surface area contributed by atoms with E-state index in [4.69, 9.17) is 0 Å². The van der Waals surface area contributed by atoms with Crippen molar-refractivity contribution >= 4 is 15.9 Å². The van der Waals surface area contributed by atoms with E-state index in [-0.39, 0.29) is 0 Å². The quantitative estimate of drug-likeness (QED) is 0.426. The van der Waals surface area contributed by atoms with E-state index in [9.17, 15) is 0 Å². The Kier molecular flexibility index (Phi) is 7.59.